The van der Waals surface area contributed by atoms with Gasteiger partial charge in [0.1, 0.15) is 11.1 Å². The zero-order valence-electron chi connectivity index (χ0n) is 25.6. The molecule has 2 amide bonds. The summed E-state index contributed by atoms with van der Waals surface area (Å²) in [5, 5.41) is 3.83. The van der Waals surface area contributed by atoms with Gasteiger partial charge < -0.3 is 0 Å². The Kier molecular flexibility index (Phi) is 13.6. The van der Waals surface area contributed by atoms with E-state index in [9.17, 15) is 9.59 Å². The van der Waals surface area contributed by atoms with E-state index in [4.69, 9.17) is 0 Å². The first kappa shape index (κ1) is 31.6. The minimum absolute atomic E-state index is 0.0963. The molecule has 1 heterocycles. The quantitative estimate of drug-likeness (QED) is 0.151. The molecular weight excluding hydrogens is 468 g/mol. The van der Waals surface area contributed by atoms with Gasteiger partial charge in [0.25, 0.3) is 0 Å². The Balaban J connectivity index is 1.35. The van der Waals surface area contributed by atoms with E-state index in [0.717, 1.165) is 51.4 Å². The van der Waals surface area contributed by atoms with Gasteiger partial charge in [-0.15, -0.1) is 0 Å². The SMILES string of the molecule is CCCCCCCCCCCCCCCCCCN1C(=O)C2(CCCCC2C)NC2(CCCCC2C)C1=O. The van der Waals surface area contributed by atoms with E-state index in [-0.39, 0.29) is 11.8 Å². The Bertz CT molecular complexity index is 669. The molecule has 0 aromatic carbocycles. The lowest BCUT2D eigenvalue weighted by atomic mass is 9.64. The summed E-state index contributed by atoms with van der Waals surface area (Å²) in [6, 6.07) is 0. The first-order valence-corrected chi connectivity index (χ1v) is 17.1. The van der Waals surface area contributed by atoms with Gasteiger partial charge in [0.2, 0.25) is 11.8 Å². The van der Waals surface area contributed by atoms with Crippen LogP contribution in [0.1, 0.15) is 175 Å². The predicted molar refractivity (Wildman–Crippen MR) is 160 cm³/mol. The van der Waals surface area contributed by atoms with E-state index in [2.05, 4.69) is 26.1 Å². The Morgan fingerprint density at radius 3 is 1.34 bits per heavy atom. The van der Waals surface area contributed by atoms with E-state index < -0.39 is 11.1 Å². The molecule has 0 radical (unpaired) electrons. The highest BCUT2D eigenvalue weighted by atomic mass is 16.2. The smallest absolute Gasteiger partial charge is 0.249 e. The highest BCUT2D eigenvalue weighted by Crippen LogP contribution is 2.45. The molecule has 220 valence electrons. The van der Waals surface area contributed by atoms with Crippen molar-refractivity contribution in [3.63, 3.8) is 0 Å². The van der Waals surface area contributed by atoms with Crippen molar-refractivity contribution in [2.75, 3.05) is 6.54 Å². The van der Waals surface area contributed by atoms with Crippen LogP contribution in [0.4, 0.5) is 0 Å². The number of hydrogen-bond acceptors (Lipinski definition) is 3. The summed E-state index contributed by atoms with van der Waals surface area (Å²) < 4.78 is 0. The number of carbonyl (C=O) groups excluding carboxylic acids is 2. The Morgan fingerprint density at radius 1 is 0.605 bits per heavy atom. The van der Waals surface area contributed by atoms with E-state index in [1.165, 1.54) is 103 Å². The highest BCUT2D eigenvalue weighted by molar-refractivity contribution is 6.07. The van der Waals surface area contributed by atoms with Crippen LogP contribution in [-0.4, -0.2) is 34.3 Å². The van der Waals surface area contributed by atoms with Crippen molar-refractivity contribution < 1.29 is 9.59 Å². The average molecular weight is 531 g/mol. The van der Waals surface area contributed by atoms with E-state index in [0.29, 0.717) is 18.4 Å². The molecule has 2 spiro atoms. The standard InChI is InChI=1S/C34H62N2O2/c1-4-5-6-7-8-9-10-11-12-13-14-15-16-17-18-23-28-36-31(37)33(26-21-19-24-29(33)2)35-34(32(36)38)27-22-20-25-30(34)3/h29-30,35H,4-28H2,1-3H3. The molecule has 3 fully saturated rings. The van der Waals surface area contributed by atoms with Gasteiger partial charge >= 0.3 is 0 Å². The van der Waals surface area contributed by atoms with Crippen LogP contribution < -0.4 is 5.32 Å². The molecule has 4 unspecified atom stereocenters. The van der Waals surface area contributed by atoms with Gasteiger partial charge in [-0.2, -0.15) is 0 Å². The Morgan fingerprint density at radius 2 is 0.974 bits per heavy atom. The summed E-state index contributed by atoms with van der Waals surface area (Å²) in [6.45, 7) is 7.40. The summed E-state index contributed by atoms with van der Waals surface area (Å²) in [5.41, 5.74) is -1.04. The second-order valence-corrected chi connectivity index (χ2v) is 13.4. The number of rotatable bonds is 17. The van der Waals surface area contributed by atoms with Crippen LogP contribution in [0.15, 0.2) is 0 Å². The maximum atomic E-state index is 13.9. The molecule has 4 nitrogen and oxygen atoms in total. The van der Waals surface area contributed by atoms with E-state index in [1.807, 2.05) is 0 Å². The van der Waals surface area contributed by atoms with Crippen molar-refractivity contribution in [2.24, 2.45) is 11.8 Å². The molecule has 1 N–H and O–H groups in total. The van der Waals surface area contributed by atoms with Gasteiger partial charge in [-0.05, 0) is 43.9 Å². The number of unbranched alkanes of at least 4 members (excludes halogenated alkanes) is 15. The van der Waals surface area contributed by atoms with Crippen molar-refractivity contribution in [1.29, 1.82) is 0 Å². The van der Waals surface area contributed by atoms with Crippen LogP contribution in [0.5, 0.6) is 0 Å². The van der Waals surface area contributed by atoms with Crippen molar-refractivity contribution in [3.05, 3.63) is 0 Å². The first-order chi connectivity index (χ1) is 18.5. The van der Waals surface area contributed by atoms with Gasteiger partial charge in [0.05, 0.1) is 0 Å². The molecule has 3 aliphatic rings. The fourth-order valence-electron chi connectivity index (χ4n) is 7.80. The molecule has 0 bridgehead atoms. The molecule has 1 saturated heterocycles. The average Bonchev–Trinajstić information content (AvgIpc) is 2.92. The number of nitrogens with one attached hydrogen (secondary N) is 1. The minimum atomic E-state index is -0.521. The zero-order valence-corrected chi connectivity index (χ0v) is 25.6. The van der Waals surface area contributed by atoms with Crippen LogP contribution >= 0.6 is 0 Å². The summed E-state index contributed by atoms with van der Waals surface area (Å²) >= 11 is 0. The van der Waals surface area contributed by atoms with Gasteiger partial charge in [-0.3, -0.25) is 19.8 Å². The maximum absolute atomic E-state index is 13.9. The summed E-state index contributed by atoms with van der Waals surface area (Å²) in [5.74, 6) is 0.797. The normalized spacial score (nSPS) is 30.0. The van der Waals surface area contributed by atoms with E-state index in [1.54, 1.807) is 4.90 Å². The molecule has 4 heteroatoms. The molecule has 1 aliphatic heterocycles. The Labute approximate surface area is 235 Å². The fraction of sp³-hybridized carbons (Fsp3) is 0.941. The molecular formula is C34H62N2O2. The lowest BCUT2D eigenvalue weighted by molar-refractivity contribution is -0.169. The largest absolute Gasteiger partial charge is 0.289 e. The Hall–Kier alpha value is -0.900. The molecule has 0 aromatic rings. The van der Waals surface area contributed by atoms with Crippen molar-refractivity contribution in [1.82, 2.24) is 10.2 Å². The number of imide groups is 1. The molecule has 38 heavy (non-hydrogen) atoms. The maximum Gasteiger partial charge on any atom is 0.249 e. The van der Waals surface area contributed by atoms with Crippen LogP contribution in [-0.2, 0) is 9.59 Å². The van der Waals surface area contributed by atoms with Crippen molar-refractivity contribution in [2.45, 2.75) is 186 Å². The topological polar surface area (TPSA) is 49.4 Å². The number of carbonyl (C=O) groups is 2. The van der Waals surface area contributed by atoms with Crippen molar-refractivity contribution in [3.8, 4) is 0 Å². The minimum Gasteiger partial charge on any atom is -0.289 e. The van der Waals surface area contributed by atoms with Crippen molar-refractivity contribution >= 4 is 11.8 Å². The third-order valence-electron chi connectivity index (χ3n) is 10.5. The fourth-order valence-corrected chi connectivity index (χ4v) is 7.80. The second kappa shape index (κ2) is 16.4. The lowest BCUT2D eigenvalue weighted by Crippen LogP contribution is -2.80. The second-order valence-electron chi connectivity index (χ2n) is 13.4. The third kappa shape index (κ3) is 8.07. The molecule has 4 atom stereocenters. The monoisotopic (exact) mass is 530 g/mol. The predicted octanol–water partition coefficient (Wildman–Crippen LogP) is 9.10. The van der Waals surface area contributed by atoms with Gasteiger partial charge in [-0.1, -0.05) is 143 Å². The van der Waals surface area contributed by atoms with Crippen LogP contribution in [0, 0.1) is 11.8 Å². The summed E-state index contributed by atoms with van der Waals surface area (Å²) in [6.07, 6.45) is 30.0. The number of hydrogen-bond donors (Lipinski definition) is 1. The highest BCUT2D eigenvalue weighted by Gasteiger charge is 2.61. The summed E-state index contributed by atoms with van der Waals surface area (Å²) in [7, 11) is 0. The number of nitrogens with zero attached hydrogens (tertiary/aromatic N) is 1. The lowest BCUT2D eigenvalue weighted by Gasteiger charge is -2.57. The van der Waals surface area contributed by atoms with Crippen LogP contribution in [0.3, 0.4) is 0 Å². The van der Waals surface area contributed by atoms with Crippen LogP contribution in [0.25, 0.3) is 0 Å². The molecule has 2 saturated carbocycles. The van der Waals surface area contributed by atoms with Gasteiger partial charge in [-0.25, -0.2) is 0 Å². The first-order valence-electron chi connectivity index (χ1n) is 17.1. The molecule has 0 aromatic heterocycles. The molecule has 2 aliphatic carbocycles. The number of amides is 2. The van der Waals surface area contributed by atoms with E-state index >= 15 is 0 Å². The zero-order chi connectivity index (χ0) is 27.3. The van der Waals surface area contributed by atoms with Gasteiger partial charge in [0, 0.05) is 6.54 Å². The molecule has 3 rings (SSSR count). The third-order valence-corrected chi connectivity index (χ3v) is 10.5. The number of piperazine rings is 1. The summed E-state index contributed by atoms with van der Waals surface area (Å²) in [4.78, 5) is 29.5. The van der Waals surface area contributed by atoms with Gasteiger partial charge in [0.15, 0.2) is 0 Å². The van der Waals surface area contributed by atoms with Crippen LogP contribution in [0.2, 0.25) is 0 Å².